The molecule has 2 aromatic carbocycles. The Morgan fingerprint density at radius 3 is 2.45 bits per heavy atom. The quantitative estimate of drug-likeness (QED) is 0.847. The predicted octanol–water partition coefficient (Wildman–Crippen LogP) is 4.04. The van der Waals surface area contributed by atoms with Crippen LogP contribution in [0.15, 0.2) is 40.9 Å². The van der Waals surface area contributed by atoms with Crippen LogP contribution < -0.4 is 10.1 Å². The van der Waals surface area contributed by atoms with Crippen molar-refractivity contribution < 1.29 is 13.5 Å². The molecular weight excluding hydrogens is 328 g/mol. The van der Waals surface area contributed by atoms with Gasteiger partial charge in [0.15, 0.2) is 0 Å². The first kappa shape index (κ1) is 14.9. The minimum absolute atomic E-state index is 0.105. The van der Waals surface area contributed by atoms with Gasteiger partial charge < -0.3 is 10.1 Å². The molecule has 0 amide bonds. The van der Waals surface area contributed by atoms with Gasteiger partial charge in [0.05, 0.1) is 17.6 Å². The fraction of sp³-hybridized carbons (Fsp3) is 0.200. The Hall–Kier alpha value is -1.46. The van der Waals surface area contributed by atoms with Gasteiger partial charge in [-0.1, -0.05) is 18.2 Å². The summed E-state index contributed by atoms with van der Waals surface area (Å²) in [7, 11) is 3.24. The standard InChI is InChI=1S/C15H14BrF2NO/c1-19-15(9-5-3-4-6-14(9)20-2)10-7-13(18)11(16)8-12(10)17/h3-8,15,19H,1-2H3. The van der Waals surface area contributed by atoms with Gasteiger partial charge in [-0.05, 0) is 41.2 Å². The van der Waals surface area contributed by atoms with E-state index in [0.717, 1.165) is 11.6 Å². The maximum absolute atomic E-state index is 14.1. The molecule has 0 bridgehead atoms. The molecule has 0 spiro atoms. The zero-order chi connectivity index (χ0) is 14.7. The van der Waals surface area contributed by atoms with Crippen LogP contribution in [0.5, 0.6) is 5.75 Å². The van der Waals surface area contributed by atoms with Crippen LogP contribution in [0, 0.1) is 11.6 Å². The lowest BCUT2D eigenvalue weighted by Gasteiger charge is -2.20. The van der Waals surface area contributed by atoms with E-state index in [1.807, 2.05) is 18.2 Å². The first-order valence-electron chi connectivity index (χ1n) is 6.03. The summed E-state index contributed by atoms with van der Waals surface area (Å²) in [6.07, 6.45) is 0. The highest BCUT2D eigenvalue weighted by Crippen LogP contribution is 2.32. The average molecular weight is 342 g/mol. The molecule has 0 fully saturated rings. The lowest BCUT2D eigenvalue weighted by atomic mass is 9.97. The SMILES string of the molecule is CNC(c1cc(F)c(Br)cc1F)c1ccccc1OC. The van der Waals surface area contributed by atoms with Crippen molar-refractivity contribution in [2.75, 3.05) is 14.2 Å². The minimum Gasteiger partial charge on any atom is -0.496 e. The highest BCUT2D eigenvalue weighted by Gasteiger charge is 2.21. The second-order valence-corrected chi connectivity index (χ2v) is 5.11. The van der Waals surface area contributed by atoms with Crippen molar-refractivity contribution in [2.24, 2.45) is 0 Å². The van der Waals surface area contributed by atoms with Crippen LogP contribution in [-0.2, 0) is 0 Å². The zero-order valence-electron chi connectivity index (χ0n) is 11.1. The van der Waals surface area contributed by atoms with E-state index in [1.165, 1.54) is 6.07 Å². The van der Waals surface area contributed by atoms with Gasteiger partial charge in [-0.25, -0.2) is 8.78 Å². The molecule has 0 aromatic heterocycles. The molecular formula is C15H14BrF2NO. The Morgan fingerprint density at radius 1 is 1.10 bits per heavy atom. The maximum Gasteiger partial charge on any atom is 0.137 e. The zero-order valence-corrected chi connectivity index (χ0v) is 12.7. The number of hydrogen-bond donors (Lipinski definition) is 1. The van der Waals surface area contributed by atoms with E-state index in [4.69, 9.17) is 4.74 Å². The van der Waals surface area contributed by atoms with Gasteiger partial charge in [-0.3, -0.25) is 0 Å². The Bertz CT molecular complexity index is 619. The number of para-hydroxylation sites is 1. The van der Waals surface area contributed by atoms with Crippen LogP contribution in [0.25, 0.3) is 0 Å². The number of benzene rings is 2. The highest BCUT2D eigenvalue weighted by atomic mass is 79.9. The van der Waals surface area contributed by atoms with Crippen molar-refractivity contribution in [3.05, 3.63) is 63.6 Å². The Balaban J connectivity index is 2.55. The van der Waals surface area contributed by atoms with Crippen LogP contribution in [0.2, 0.25) is 0 Å². The Morgan fingerprint density at radius 2 is 1.80 bits per heavy atom. The van der Waals surface area contributed by atoms with E-state index in [1.54, 1.807) is 20.2 Å². The van der Waals surface area contributed by atoms with E-state index in [9.17, 15) is 8.78 Å². The van der Waals surface area contributed by atoms with Gasteiger partial charge in [0.1, 0.15) is 17.4 Å². The lowest BCUT2D eigenvalue weighted by Crippen LogP contribution is -2.20. The van der Waals surface area contributed by atoms with Gasteiger partial charge in [-0.2, -0.15) is 0 Å². The van der Waals surface area contributed by atoms with E-state index >= 15 is 0 Å². The van der Waals surface area contributed by atoms with Crippen LogP contribution in [0.3, 0.4) is 0 Å². The third-order valence-electron chi connectivity index (χ3n) is 3.09. The molecule has 0 heterocycles. The number of nitrogens with one attached hydrogen (secondary N) is 1. The van der Waals surface area contributed by atoms with Crippen molar-refractivity contribution in [2.45, 2.75) is 6.04 Å². The minimum atomic E-state index is -0.503. The normalized spacial score (nSPS) is 12.2. The number of ether oxygens (including phenoxy) is 1. The van der Waals surface area contributed by atoms with Crippen LogP contribution in [0.1, 0.15) is 17.2 Å². The number of rotatable bonds is 4. The average Bonchev–Trinajstić information content (AvgIpc) is 2.45. The molecule has 1 atom stereocenters. The van der Waals surface area contributed by atoms with E-state index in [2.05, 4.69) is 21.2 Å². The molecule has 0 saturated heterocycles. The Labute approximate surface area is 124 Å². The second kappa shape index (κ2) is 6.33. The largest absolute Gasteiger partial charge is 0.496 e. The second-order valence-electron chi connectivity index (χ2n) is 4.25. The molecule has 0 radical (unpaired) electrons. The fourth-order valence-electron chi connectivity index (χ4n) is 2.14. The van der Waals surface area contributed by atoms with Gasteiger partial charge in [-0.15, -0.1) is 0 Å². The van der Waals surface area contributed by atoms with Crippen LogP contribution in [0.4, 0.5) is 8.78 Å². The van der Waals surface area contributed by atoms with Crippen molar-refractivity contribution in [1.29, 1.82) is 0 Å². The molecule has 2 aromatic rings. The molecule has 1 unspecified atom stereocenters. The molecule has 0 saturated carbocycles. The maximum atomic E-state index is 14.1. The fourth-order valence-corrected chi connectivity index (χ4v) is 2.46. The van der Waals surface area contributed by atoms with Gasteiger partial charge in [0.2, 0.25) is 0 Å². The number of halogens is 3. The van der Waals surface area contributed by atoms with Gasteiger partial charge >= 0.3 is 0 Å². The summed E-state index contributed by atoms with van der Waals surface area (Å²) in [5.41, 5.74) is 0.982. The van der Waals surface area contributed by atoms with E-state index in [-0.39, 0.29) is 10.0 Å². The smallest absolute Gasteiger partial charge is 0.137 e. The number of hydrogen-bond acceptors (Lipinski definition) is 2. The van der Waals surface area contributed by atoms with Crippen molar-refractivity contribution in [3.8, 4) is 5.75 Å². The topological polar surface area (TPSA) is 21.3 Å². The summed E-state index contributed by atoms with van der Waals surface area (Å²) in [4.78, 5) is 0. The van der Waals surface area contributed by atoms with E-state index in [0.29, 0.717) is 5.75 Å². The summed E-state index contributed by atoms with van der Waals surface area (Å²) < 4.78 is 33.2. The first-order chi connectivity index (χ1) is 9.58. The lowest BCUT2D eigenvalue weighted by molar-refractivity contribution is 0.404. The van der Waals surface area contributed by atoms with Crippen molar-refractivity contribution in [1.82, 2.24) is 5.32 Å². The summed E-state index contributed by atoms with van der Waals surface area (Å²) in [5.74, 6) is -0.366. The summed E-state index contributed by atoms with van der Waals surface area (Å²) in [6, 6.07) is 9.08. The first-order valence-corrected chi connectivity index (χ1v) is 6.82. The van der Waals surface area contributed by atoms with Crippen LogP contribution in [-0.4, -0.2) is 14.2 Å². The third-order valence-corrected chi connectivity index (χ3v) is 3.70. The molecule has 1 N–H and O–H groups in total. The van der Waals surface area contributed by atoms with E-state index < -0.39 is 17.7 Å². The predicted molar refractivity (Wildman–Crippen MR) is 78.0 cm³/mol. The summed E-state index contributed by atoms with van der Waals surface area (Å²) in [6.45, 7) is 0. The molecule has 2 rings (SSSR count). The van der Waals surface area contributed by atoms with Crippen molar-refractivity contribution in [3.63, 3.8) is 0 Å². The highest BCUT2D eigenvalue weighted by molar-refractivity contribution is 9.10. The molecule has 0 aliphatic heterocycles. The monoisotopic (exact) mass is 341 g/mol. The van der Waals surface area contributed by atoms with Crippen LogP contribution >= 0.6 is 15.9 Å². The van der Waals surface area contributed by atoms with Gasteiger partial charge in [0, 0.05) is 11.1 Å². The molecule has 106 valence electrons. The molecule has 2 nitrogen and oxygen atoms in total. The van der Waals surface area contributed by atoms with Crippen molar-refractivity contribution >= 4 is 15.9 Å². The Kier molecular flexibility index (Phi) is 4.73. The third kappa shape index (κ3) is 2.83. The molecule has 5 heteroatoms. The molecule has 0 aliphatic carbocycles. The molecule has 0 aliphatic rings. The summed E-state index contributed by atoms with van der Waals surface area (Å²) >= 11 is 2.98. The number of methoxy groups -OCH3 is 1. The molecule has 20 heavy (non-hydrogen) atoms. The summed E-state index contributed by atoms with van der Waals surface area (Å²) in [5, 5.41) is 2.99. The van der Waals surface area contributed by atoms with Gasteiger partial charge in [0.25, 0.3) is 0 Å².